The third-order valence-corrected chi connectivity index (χ3v) is 5.25. The zero-order valence-electron chi connectivity index (χ0n) is 18.8. The van der Waals surface area contributed by atoms with E-state index in [1.165, 1.54) is 16.7 Å². The van der Waals surface area contributed by atoms with Crippen molar-refractivity contribution in [1.82, 2.24) is 15.6 Å². The number of nitrogens with zero attached hydrogens (tertiary/aromatic N) is 2. The molecule has 1 aromatic carbocycles. The average Bonchev–Trinajstić information content (AvgIpc) is 3.26. The van der Waals surface area contributed by atoms with Gasteiger partial charge in [0, 0.05) is 37.7 Å². The van der Waals surface area contributed by atoms with Crippen molar-refractivity contribution in [2.45, 2.75) is 52.7 Å². The van der Waals surface area contributed by atoms with Gasteiger partial charge in [-0.15, -0.1) is 24.0 Å². The first-order valence-electron chi connectivity index (χ1n) is 10.9. The van der Waals surface area contributed by atoms with Gasteiger partial charge in [0.15, 0.2) is 5.96 Å². The van der Waals surface area contributed by atoms with Gasteiger partial charge in [-0.05, 0) is 68.9 Å². The molecule has 0 aliphatic carbocycles. The van der Waals surface area contributed by atoms with Crippen LogP contribution in [0.2, 0.25) is 0 Å². The fourth-order valence-electron chi connectivity index (χ4n) is 3.49. The Morgan fingerprint density at radius 2 is 2.10 bits per heavy atom. The minimum atomic E-state index is 0. The Morgan fingerprint density at radius 1 is 1.23 bits per heavy atom. The molecule has 7 heteroatoms. The maximum absolute atomic E-state index is 6.11. The van der Waals surface area contributed by atoms with E-state index in [4.69, 9.17) is 14.5 Å². The summed E-state index contributed by atoms with van der Waals surface area (Å²) in [5, 5.41) is 6.76. The monoisotopic (exact) mass is 538 g/mol. The molecule has 0 radical (unpaired) electrons. The third-order valence-electron chi connectivity index (χ3n) is 5.25. The lowest BCUT2D eigenvalue weighted by molar-refractivity contribution is 0.0676. The second-order valence-corrected chi connectivity index (χ2v) is 7.73. The van der Waals surface area contributed by atoms with Crippen LogP contribution in [-0.4, -0.2) is 43.4 Å². The van der Waals surface area contributed by atoms with Crippen molar-refractivity contribution in [2.24, 2.45) is 4.99 Å². The van der Waals surface area contributed by atoms with Gasteiger partial charge in [-0.3, -0.25) is 4.98 Å². The molecule has 1 aromatic heterocycles. The van der Waals surface area contributed by atoms with Crippen molar-refractivity contribution in [3.63, 3.8) is 0 Å². The number of aromatic nitrogens is 1. The van der Waals surface area contributed by atoms with E-state index in [0.29, 0.717) is 13.2 Å². The van der Waals surface area contributed by atoms with Crippen molar-refractivity contribution < 1.29 is 9.47 Å². The first-order chi connectivity index (χ1) is 14.7. The Balaban J connectivity index is 0.00000341. The molecule has 2 heterocycles. The number of nitrogens with one attached hydrogen (secondary N) is 2. The Morgan fingerprint density at radius 3 is 2.84 bits per heavy atom. The maximum Gasteiger partial charge on any atom is 0.191 e. The standard InChI is InChI=1S/C24H34N4O2.HI/c1-4-26-24(27-12-10-20-9-11-25-15-19(20)3)28-16-21-8-7-18(2)14-23(21)30-17-22-6-5-13-29-22;/h7-9,11,14-15,22H,4-6,10,12-13,16-17H2,1-3H3,(H2,26,27,28);1H. The minimum Gasteiger partial charge on any atom is -0.491 e. The van der Waals surface area contributed by atoms with Gasteiger partial charge in [0.05, 0.1) is 12.6 Å². The highest BCUT2D eigenvalue weighted by atomic mass is 127. The third kappa shape index (κ3) is 8.29. The van der Waals surface area contributed by atoms with Crippen molar-refractivity contribution in [3.05, 3.63) is 58.9 Å². The lowest BCUT2D eigenvalue weighted by atomic mass is 10.1. The number of hydrogen-bond donors (Lipinski definition) is 2. The second-order valence-electron chi connectivity index (χ2n) is 7.73. The topological polar surface area (TPSA) is 67.8 Å². The molecule has 1 aliphatic heterocycles. The molecular weight excluding hydrogens is 503 g/mol. The first kappa shape index (κ1) is 25.4. The highest BCUT2D eigenvalue weighted by Gasteiger charge is 2.17. The van der Waals surface area contributed by atoms with Crippen LogP contribution in [0.15, 0.2) is 41.7 Å². The van der Waals surface area contributed by atoms with Crippen molar-refractivity contribution in [2.75, 3.05) is 26.3 Å². The summed E-state index contributed by atoms with van der Waals surface area (Å²) in [4.78, 5) is 8.94. The minimum absolute atomic E-state index is 0. The van der Waals surface area contributed by atoms with Crippen LogP contribution in [0.5, 0.6) is 5.75 Å². The zero-order chi connectivity index (χ0) is 21.2. The molecule has 2 aromatic rings. The van der Waals surface area contributed by atoms with Crippen LogP contribution in [0.3, 0.4) is 0 Å². The molecular formula is C24H35IN4O2. The van der Waals surface area contributed by atoms with E-state index in [-0.39, 0.29) is 30.1 Å². The number of aryl methyl sites for hydroxylation is 2. The Labute approximate surface area is 203 Å². The highest BCUT2D eigenvalue weighted by Crippen LogP contribution is 2.23. The van der Waals surface area contributed by atoms with Crippen LogP contribution in [-0.2, 0) is 17.7 Å². The summed E-state index contributed by atoms with van der Waals surface area (Å²) in [6.45, 7) is 9.88. The zero-order valence-corrected chi connectivity index (χ0v) is 21.1. The number of ether oxygens (including phenoxy) is 2. The summed E-state index contributed by atoms with van der Waals surface area (Å²) in [5.74, 6) is 1.72. The Hall–Kier alpha value is -1.87. The van der Waals surface area contributed by atoms with E-state index in [0.717, 1.165) is 56.2 Å². The van der Waals surface area contributed by atoms with Crippen LogP contribution in [0.25, 0.3) is 0 Å². The number of guanidine groups is 1. The molecule has 0 saturated carbocycles. The summed E-state index contributed by atoms with van der Waals surface area (Å²) >= 11 is 0. The number of rotatable bonds is 9. The lowest BCUT2D eigenvalue weighted by Crippen LogP contribution is -2.38. The summed E-state index contributed by atoms with van der Waals surface area (Å²) in [6, 6.07) is 8.38. The molecule has 0 amide bonds. The van der Waals surface area contributed by atoms with Gasteiger partial charge in [-0.25, -0.2) is 4.99 Å². The van der Waals surface area contributed by atoms with Crippen LogP contribution in [0, 0.1) is 13.8 Å². The fourth-order valence-corrected chi connectivity index (χ4v) is 3.49. The molecule has 2 N–H and O–H groups in total. The van der Waals surface area contributed by atoms with Gasteiger partial charge in [0.2, 0.25) is 0 Å². The lowest BCUT2D eigenvalue weighted by Gasteiger charge is -2.16. The molecule has 1 aliphatic rings. The summed E-state index contributed by atoms with van der Waals surface area (Å²) < 4.78 is 11.8. The smallest absolute Gasteiger partial charge is 0.191 e. The highest BCUT2D eigenvalue weighted by molar-refractivity contribution is 14.0. The van der Waals surface area contributed by atoms with Crippen LogP contribution in [0.4, 0.5) is 0 Å². The van der Waals surface area contributed by atoms with E-state index in [9.17, 15) is 0 Å². The maximum atomic E-state index is 6.11. The van der Waals surface area contributed by atoms with Gasteiger partial charge in [-0.1, -0.05) is 12.1 Å². The van der Waals surface area contributed by atoms with Crippen LogP contribution in [0.1, 0.15) is 42.0 Å². The number of hydrogen-bond acceptors (Lipinski definition) is 4. The van der Waals surface area contributed by atoms with Gasteiger partial charge in [0.1, 0.15) is 12.4 Å². The molecule has 0 spiro atoms. The molecule has 31 heavy (non-hydrogen) atoms. The molecule has 170 valence electrons. The molecule has 1 atom stereocenters. The van der Waals surface area contributed by atoms with Crippen LogP contribution < -0.4 is 15.4 Å². The van der Waals surface area contributed by atoms with Gasteiger partial charge >= 0.3 is 0 Å². The van der Waals surface area contributed by atoms with E-state index in [1.807, 2.05) is 12.4 Å². The van der Waals surface area contributed by atoms with Gasteiger partial charge in [0.25, 0.3) is 0 Å². The number of benzene rings is 1. The largest absolute Gasteiger partial charge is 0.491 e. The molecule has 1 saturated heterocycles. The number of halogens is 1. The van der Waals surface area contributed by atoms with Crippen LogP contribution >= 0.6 is 24.0 Å². The van der Waals surface area contributed by atoms with Crippen molar-refractivity contribution in [3.8, 4) is 5.75 Å². The SMILES string of the molecule is CCNC(=NCc1ccc(C)cc1OCC1CCCO1)NCCc1ccncc1C.I. The fraction of sp³-hybridized carbons (Fsp3) is 0.500. The summed E-state index contributed by atoms with van der Waals surface area (Å²) in [5.41, 5.74) is 4.79. The Bertz CT molecular complexity index is 838. The summed E-state index contributed by atoms with van der Waals surface area (Å²) in [6.07, 6.45) is 7.08. The van der Waals surface area contributed by atoms with Crippen molar-refractivity contribution in [1.29, 1.82) is 0 Å². The molecule has 1 fully saturated rings. The quantitative estimate of drug-likeness (QED) is 0.285. The van der Waals surface area contributed by atoms with E-state index >= 15 is 0 Å². The number of aliphatic imine (C=N–C) groups is 1. The normalized spacial score (nSPS) is 16.0. The van der Waals surface area contributed by atoms with Gasteiger partial charge in [-0.2, -0.15) is 0 Å². The second kappa shape index (κ2) is 13.5. The molecule has 3 rings (SSSR count). The predicted octanol–water partition coefficient (Wildman–Crippen LogP) is 4.17. The van der Waals surface area contributed by atoms with Gasteiger partial charge < -0.3 is 20.1 Å². The first-order valence-corrected chi connectivity index (χ1v) is 10.9. The average molecular weight is 538 g/mol. The molecule has 6 nitrogen and oxygen atoms in total. The van der Waals surface area contributed by atoms with E-state index < -0.39 is 0 Å². The van der Waals surface area contributed by atoms with E-state index in [1.54, 1.807) is 0 Å². The summed E-state index contributed by atoms with van der Waals surface area (Å²) in [7, 11) is 0. The van der Waals surface area contributed by atoms with E-state index in [2.05, 4.69) is 60.7 Å². The van der Waals surface area contributed by atoms with Crippen molar-refractivity contribution >= 4 is 29.9 Å². The molecule has 1 unspecified atom stereocenters. The Kier molecular flexibility index (Phi) is 11.1. The predicted molar refractivity (Wildman–Crippen MR) is 137 cm³/mol. The number of pyridine rings is 1. The molecule has 0 bridgehead atoms.